The first-order valence-electron chi connectivity index (χ1n) is 9.81. The Morgan fingerprint density at radius 2 is 1.88 bits per heavy atom. The number of amides is 1. The second-order valence-electron chi connectivity index (χ2n) is 7.41. The molecule has 2 aliphatic heterocycles. The van der Waals surface area contributed by atoms with Gasteiger partial charge >= 0.3 is 0 Å². The second kappa shape index (κ2) is 7.89. The molecule has 4 rings (SSSR count). The fraction of sp³-hybridized carbons (Fsp3) is 0.550. The second-order valence-corrected chi connectivity index (χ2v) is 7.41. The van der Waals surface area contributed by atoms with Crippen molar-refractivity contribution in [2.24, 2.45) is 0 Å². The summed E-state index contributed by atoms with van der Waals surface area (Å²) < 4.78 is 0. The topological polar surface area (TPSA) is 65.1 Å². The number of pyridine rings is 1. The fourth-order valence-electron chi connectivity index (χ4n) is 4.09. The average molecular weight is 353 g/mol. The van der Waals surface area contributed by atoms with E-state index in [-0.39, 0.29) is 5.91 Å². The molecular weight excluding hydrogens is 326 g/mol. The van der Waals surface area contributed by atoms with E-state index in [9.17, 15) is 4.79 Å². The molecule has 2 fully saturated rings. The van der Waals surface area contributed by atoms with Crippen LogP contribution in [-0.2, 0) is 0 Å². The Balaban J connectivity index is 1.42. The van der Waals surface area contributed by atoms with Crippen molar-refractivity contribution in [3.05, 3.63) is 41.9 Å². The molecule has 0 radical (unpaired) electrons. The van der Waals surface area contributed by atoms with Gasteiger partial charge in [0.05, 0.1) is 5.56 Å². The first-order valence-corrected chi connectivity index (χ1v) is 9.81. The third-order valence-corrected chi connectivity index (χ3v) is 5.60. The number of hydrogen-bond donors (Lipinski definition) is 1. The number of likely N-dealkylation sites (tertiary alicyclic amines) is 1. The maximum Gasteiger partial charge on any atom is 0.255 e. The quantitative estimate of drug-likeness (QED) is 0.920. The van der Waals surface area contributed by atoms with Crippen molar-refractivity contribution in [2.45, 2.75) is 44.4 Å². The highest BCUT2D eigenvalue weighted by molar-refractivity contribution is 5.94. The van der Waals surface area contributed by atoms with Gasteiger partial charge in [-0.05, 0) is 43.9 Å². The SMILES string of the molecule is O=C(c1ccc(N2CCCCCC2)nc1)N1CCC[C@@H](c2ccn[nH]2)C1. The molecular formula is C20H27N5O. The maximum atomic E-state index is 12.9. The third-order valence-electron chi connectivity index (χ3n) is 5.60. The molecule has 0 bridgehead atoms. The lowest BCUT2D eigenvalue weighted by atomic mass is 9.94. The van der Waals surface area contributed by atoms with E-state index in [2.05, 4.69) is 20.1 Å². The van der Waals surface area contributed by atoms with Gasteiger partial charge in [-0.3, -0.25) is 9.89 Å². The number of aromatic amines is 1. The summed E-state index contributed by atoms with van der Waals surface area (Å²) in [5.74, 6) is 1.43. The molecule has 0 aromatic carbocycles. The fourth-order valence-corrected chi connectivity index (χ4v) is 4.09. The molecule has 1 N–H and O–H groups in total. The van der Waals surface area contributed by atoms with E-state index < -0.39 is 0 Å². The standard InChI is InChI=1S/C20H27N5O/c26-20(25-13-5-6-17(15-25)18-9-10-22-23-18)16-7-8-19(21-14-16)24-11-3-1-2-4-12-24/h7-10,14,17H,1-6,11-13,15H2,(H,22,23)/t17-/m1/s1. The Kier molecular flexibility index (Phi) is 5.18. The van der Waals surface area contributed by atoms with Gasteiger partial charge < -0.3 is 9.80 Å². The molecule has 138 valence electrons. The van der Waals surface area contributed by atoms with E-state index in [1.54, 1.807) is 12.4 Å². The number of carbonyl (C=O) groups excluding carboxylic acids is 1. The Bertz CT molecular complexity index is 704. The van der Waals surface area contributed by atoms with Gasteiger partial charge in [-0.2, -0.15) is 5.10 Å². The van der Waals surface area contributed by atoms with Crippen LogP contribution in [0.15, 0.2) is 30.6 Å². The number of aromatic nitrogens is 3. The van der Waals surface area contributed by atoms with Crippen LogP contribution in [0, 0.1) is 0 Å². The monoisotopic (exact) mass is 353 g/mol. The van der Waals surface area contributed by atoms with E-state index in [1.165, 1.54) is 25.7 Å². The lowest BCUT2D eigenvalue weighted by Crippen LogP contribution is -2.39. The van der Waals surface area contributed by atoms with Crippen LogP contribution < -0.4 is 4.90 Å². The number of anilines is 1. The van der Waals surface area contributed by atoms with Gasteiger partial charge in [0.2, 0.25) is 0 Å². The highest BCUT2D eigenvalue weighted by Crippen LogP contribution is 2.26. The van der Waals surface area contributed by atoms with Crippen molar-refractivity contribution in [1.82, 2.24) is 20.1 Å². The molecule has 4 heterocycles. The summed E-state index contributed by atoms with van der Waals surface area (Å²) in [6, 6.07) is 5.96. The van der Waals surface area contributed by atoms with E-state index in [0.29, 0.717) is 11.5 Å². The van der Waals surface area contributed by atoms with E-state index in [1.807, 2.05) is 23.1 Å². The first kappa shape index (κ1) is 17.1. The van der Waals surface area contributed by atoms with Crippen LogP contribution in [0.2, 0.25) is 0 Å². The van der Waals surface area contributed by atoms with Crippen molar-refractivity contribution >= 4 is 11.7 Å². The molecule has 0 aliphatic carbocycles. The summed E-state index contributed by atoms with van der Waals surface area (Å²) in [7, 11) is 0. The van der Waals surface area contributed by atoms with Gasteiger partial charge in [-0.1, -0.05) is 12.8 Å². The normalized spacial score (nSPS) is 21.5. The summed E-state index contributed by atoms with van der Waals surface area (Å²) in [5.41, 5.74) is 1.81. The van der Waals surface area contributed by atoms with E-state index in [0.717, 1.165) is 50.5 Å². The molecule has 26 heavy (non-hydrogen) atoms. The Morgan fingerprint density at radius 1 is 1.04 bits per heavy atom. The average Bonchev–Trinajstić information content (AvgIpc) is 3.10. The van der Waals surface area contributed by atoms with Crippen molar-refractivity contribution in [1.29, 1.82) is 0 Å². The minimum atomic E-state index is 0.0872. The van der Waals surface area contributed by atoms with Crippen LogP contribution in [0.4, 0.5) is 5.82 Å². The zero-order valence-corrected chi connectivity index (χ0v) is 15.2. The lowest BCUT2D eigenvalue weighted by Gasteiger charge is -2.32. The summed E-state index contributed by atoms with van der Waals surface area (Å²) in [6.07, 6.45) is 10.7. The van der Waals surface area contributed by atoms with Crippen LogP contribution in [-0.4, -0.2) is 52.2 Å². The number of piperidine rings is 1. The molecule has 2 aromatic rings. The first-order chi connectivity index (χ1) is 12.8. The third kappa shape index (κ3) is 3.74. The van der Waals surface area contributed by atoms with Crippen molar-refractivity contribution in [2.75, 3.05) is 31.1 Å². The van der Waals surface area contributed by atoms with E-state index >= 15 is 0 Å². The zero-order chi connectivity index (χ0) is 17.8. The van der Waals surface area contributed by atoms with Crippen molar-refractivity contribution < 1.29 is 4.79 Å². The summed E-state index contributed by atoms with van der Waals surface area (Å²) >= 11 is 0. The van der Waals surface area contributed by atoms with Crippen molar-refractivity contribution in [3.8, 4) is 0 Å². The van der Waals surface area contributed by atoms with Crippen LogP contribution in [0.5, 0.6) is 0 Å². The smallest absolute Gasteiger partial charge is 0.255 e. The van der Waals surface area contributed by atoms with Crippen LogP contribution in [0.3, 0.4) is 0 Å². The molecule has 2 aliphatic rings. The number of carbonyl (C=O) groups is 1. The highest BCUT2D eigenvalue weighted by Gasteiger charge is 2.26. The number of hydrogen-bond acceptors (Lipinski definition) is 4. The largest absolute Gasteiger partial charge is 0.357 e. The molecule has 1 atom stereocenters. The van der Waals surface area contributed by atoms with Gasteiger partial charge in [0, 0.05) is 50.2 Å². The molecule has 6 heteroatoms. The molecule has 1 amide bonds. The predicted octanol–water partition coefficient (Wildman–Crippen LogP) is 3.20. The minimum absolute atomic E-state index is 0.0872. The summed E-state index contributed by atoms with van der Waals surface area (Å²) in [6.45, 7) is 3.70. The van der Waals surface area contributed by atoms with Crippen LogP contribution >= 0.6 is 0 Å². The Morgan fingerprint density at radius 3 is 2.58 bits per heavy atom. The van der Waals surface area contributed by atoms with Gasteiger partial charge in [0.25, 0.3) is 5.91 Å². The van der Waals surface area contributed by atoms with Gasteiger partial charge in [0.1, 0.15) is 5.82 Å². The highest BCUT2D eigenvalue weighted by atomic mass is 16.2. The number of rotatable bonds is 3. The van der Waals surface area contributed by atoms with Gasteiger partial charge in [0.15, 0.2) is 0 Å². The van der Waals surface area contributed by atoms with Crippen LogP contribution in [0.1, 0.15) is 60.5 Å². The molecule has 2 aromatic heterocycles. The van der Waals surface area contributed by atoms with E-state index in [4.69, 9.17) is 0 Å². The summed E-state index contributed by atoms with van der Waals surface area (Å²) in [5, 5.41) is 7.09. The maximum absolute atomic E-state index is 12.9. The number of nitrogens with one attached hydrogen (secondary N) is 1. The zero-order valence-electron chi connectivity index (χ0n) is 15.2. The van der Waals surface area contributed by atoms with Gasteiger partial charge in [-0.15, -0.1) is 0 Å². The number of nitrogens with zero attached hydrogens (tertiary/aromatic N) is 4. The molecule has 0 spiro atoms. The molecule has 6 nitrogen and oxygen atoms in total. The molecule has 0 unspecified atom stereocenters. The minimum Gasteiger partial charge on any atom is -0.357 e. The lowest BCUT2D eigenvalue weighted by molar-refractivity contribution is 0.0705. The molecule has 2 saturated heterocycles. The molecule has 0 saturated carbocycles. The number of H-pyrrole nitrogens is 1. The summed E-state index contributed by atoms with van der Waals surface area (Å²) in [4.78, 5) is 21.8. The van der Waals surface area contributed by atoms with Gasteiger partial charge in [-0.25, -0.2) is 4.98 Å². The Labute approximate surface area is 154 Å². The van der Waals surface area contributed by atoms with Crippen LogP contribution in [0.25, 0.3) is 0 Å². The Hall–Kier alpha value is -2.37. The van der Waals surface area contributed by atoms with Crippen molar-refractivity contribution in [3.63, 3.8) is 0 Å². The predicted molar refractivity (Wildman–Crippen MR) is 101 cm³/mol.